The highest BCUT2D eigenvalue weighted by atomic mass is 32.2. The number of sulfonamides is 1. The molecule has 0 spiro atoms. The number of halogens is 2. The van der Waals surface area contributed by atoms with E-state index in [1.165, 1.54) is 4.31 Å². The van der Waals surface area contributed by atoms with Crippen LogP contribution in [0.4, 0.5) is 8.78 Å². The van der Waals surface area contributed by atoms with Crippen LogP contribution in [0.2, 0.25) is 0 Å². The lowest BCUT2D eigenvalue weighted by molar-refractivity contribution is 0.167. The molecule has 1 fully saturated rings. The minimum atomic E-state index is -4.00. The minimum absolute atomic E-state index is 0.0460. The van der Waals surface area contributed by atoms with Gasteiger partial charge in [0, 0.05) is 32.3 Å². The predicted octanol–water partition coefficient (Wildman–Crippen LogP) is 1.73. The SMILES string of the molecule is COCc1nncn1C1CCN(S(=O)(=O)c2ccc(F)cc2F)CC1. The summed E-state index contributed by atoms with van der Waals surface area (Å²) in [5.74, 6) is -1.22. The van der Waals surface area contributed by atoms with Crippen molar-refractivity contribution in [3.05, 3.63) is 42.0 Å². The van der Waals surface area contributed by atoms with Crippen LogP contribution in [0, 0.1) is 11.6 Å². The molecule has 2 aromatic rings. The Bertz CT molecular complexity index is 848. The molecule has 2 heterocycles. The number of piperidine rings is 1. The van der Waals surface area contributed by atoms with Crippen molar-refractivity contribution in [1.82, 2.24) is 19.1 Å². The van der Waals surface area contributed by atoms with Crippen molar-refractivity contribution in [2.75, 3.05) is 20.2 Å². The molecule has 0 radical (unpaired) electrons. The van der Waals surface area contributed by atoms with Gasteiger partial charge in [-0.1, -0.05) is 0 Å². The standard InChI is InChI=1S/C15H18F2N4O3S/c1-24-9-15-19-18-10-21(15)12-4-6-20(7-5-12)25(22,23)14-3-2-11(16)8-13(14)17/h2-3,8,10,12H,4-7,9H2,1H3. The highest BCUT2D eigenvalue weighted by Gasteiger charge is 2.32. The first kappa shape index (κ1) is 17.9. The van der Waals surface area contributed by atoms with Crippen LogP contribution < -0.4 is 0 Å². The van der Waals surface area contributed by atoms with E-state index in [0.29, 0.717) is 31.3 Å². The Hall–Kier alpha value is -1.91. The Morgan fingerprint density at radius 1 is 1.28 bits per heavy atom. The van der Waals surface area contributed by atoms with Crippen molar-refractivity contribution in [1.29, 1.82) is 0 Å². The van der Waals surface area contributed by atoms with Crippen LogP contribution in [-0.4, -0.2) is 47.7 Å². The molecule has 0 atom stereocenters. The van der Waals surface area contributed by atoms with Crippen LogP contribution in [0.5, 0.6) is 0 Å². The van der Waals surface area contributed by atoms with Crippen LogP contribution in [0.3, 0.4) is 0 Å². The molecule has 25 heavy (non-hydrogen) atoms. The molecule has 1 aliphatic rings. The number of benzene rings is 1. The van der Waals surface area contributed by atoms with Gasteiger partial charge in [0.15, 0.2) is 5.82 Å². The largest absolute Gasteiger partial charge is 0.377 e. The summed E-state index contributed by atoms with van der Waals surface area (Å²) in [6.45, 7) is 0.780. The van der Waals surface area contributed by atoms with E-state index < -0.39 is 26.6 Å². The lowest BCUT2D eigenvalue weighted by Crippen LogP contribution is -2.39. The van der Waals surface area contributed by atoms with Crippen molar-refractivity contribution >= 4 is 10.0 Å². The summed E-state index contributed by atoms with van der Waals surface area (Å²) in [7, 11) is -2.43. The van der Waals surface area contributed by atoms with Gasteiger partial charge < -0.3 is 9.30 Å². The number of methoxy groups -OCH3 is 1. The van der Waals surface area contributed by atoms with E-state index in [1.807, 2.05) is 4.57 Å². The van der Waals surface area contributed by atoms with Crippen molar-refractivity contribution in [3.63, 3.8) is 0 Å². The quantitative estimate of drug-likeness (QED) is 0.799. The average molecular weight is 372 g/mol. The third kappa shape index (κ3) is 3.55. The molecule has 1 aromatic heterocycles. The Morgan fingerprint density at radius 2 is 2.00 bits per heavy atom. The lowest BCUT2D eigenvalue weighted by Gasteiger charge is -2.32. The van der Waals surface area contributed by atoms with Crippen LogP contribution in [0.25, 0.3) is 0 Å². The maximum atomic E-state index is 13.9. The monoisotopic (exact) mass is 372 g/mol. The fraction of sp³-hybridized carbons (Fsp3) is 0.467. The second kappa shape index (κ2) is 7.14. The third-order valence-corrected chi connectivity index (χ3v) is 6.18. The summed E-state index contributed by atoms with van der Waals surface area (Å²) in [5.41, 5.74) is 0. The Kier molecular flexibility index (Phi) is 5.11. The van der Waals surface area contributed by atoms with E-state index in [4.69, 9.17) is 4.74 Å². The summed E-state index contributed by atoms with van der Waals surface area (Å²) in [5, 5.41) is 7.85. The summed E-state index contributed by atoms with van der Waals surface area (Å²) < 4.78 is 60.2. The summed E-state index contributed by atoms with van der Waals surface area (Å²) in [4.78, 5) is -0.503. The molecular weight excluding hydrogens is 354 g/mol. The van der Waals surface area contributed by atoms with Gasteiger partial charge in [-0.25, -0.2) is 17.2 Å². The molecule has 0 unspecified atom stereocenters. The highest BCUT2D eigenvalue weighted by Crippen LogP contribution is 2.28. The maximum Gasteiger partial charge on any atom is 0.245 e. The van der Waals surface area contributed by atoms with Gasteiger partial charge in [0.25, 0.3) is 0 Å². The zero-order valence-electron chi connectivity index (χ0n) is 13.6. The van der Waals surface area contributed by atoms with Crippen LogP contribution >= 0.6 is 0 Å². The fourth-order valence-corrected chi connectivity index (χ4v) is 4.50. The van der Waals surface area contributed by atoms with Gasteiger partial charge in [0.2, 0.25) is 10.0 Å². The van der Waals surface area contributed by atoms with Gasteiger partial charge in [-0.2, -0.15) is 4.31 Å². The molecular formula is C15H18F2N4O3S. The molecule has 0 bridgehead atoms. The van der Waals surface area contributed by atoms with E-state index in [0.717, 1.165) is 12.1 Å². The first-order valence-corrected chi connectivity index (χ1v) is 9.20. The van der Waals surface area contributed by atoms with E-state index in [1.54, 1.807) is 13.4 Å². The average Bonchev–Trinajstić information content (AvgIpc) is 3.03. The lowest BCUT2D eigenvalue weighted by atomic mass is 10.1. The number of hydrogen-bond donors (Lipinski definition) is 0. The molecule has 0 amide bonds. The number of hydrogen-bond acceptors (Lipinski definition) is 5. The van der Waals surface area contributed by atoms with Gasteiger partial charge >= 0.3 is 0 Å². The Balaban J connectivity index is 1.74. The van der Waals surface area contributed by atoms with Crippen molar-refractivity contribution < 1.29 is 21.9 Å². The Labute approximate surface area is 144 Å². The molecule has 0 saturated carbocycles. The molecule has 136 valence electrons. The van der Waals surface area contributed by atoms with Gasteiger partial charge in [0.1, 0.15) is 29.5 Å². The van der Waals surface area contributed by atoms with Gasteiger partial charge in [-0.15, -0.1) is 10.2 Å². The van der Waals surface area contributed by atoms with Crippen molar-refractivity contribution in [2.45, 2.75) is 30.4 Å². The van der Waals surface area contributed by atoms with Crippen LogP contribution in [0.15, 0.2) is 29.4 Å². The first-order chi connectivity index (χ1) is 11.9. The molecule has 1 aromatic carbocycles. The predicted molar refractivity (Wildman–Crippen MR) is 84.1 cm³/mol. The highest BCUT2D eigenvalue weighted by molar-refractivity contribution is 7.89. The number of ether oxygens (including phenoxy) is 1. The van der Waals surface area contributed by atoms with Crippen molar-refractivity contribution in [2.24, 2.45) is 0 Å². The fourth-order valence-electron chi connectivity index (χ4n) is 2.99. The molecule has 0 N–H and O–H groups in total. The van der Waals surface area contributed by atoms with E-state index in [2.05, 4.69) is 10.2 Å². The molecule has 3 rings (SSSR count). The van der Waals surface area contributed by atoms with E-state index in [-0.39, 0.29) is 19.1 Å². The maximum absolute atomic E-state index is 13.9. The van der Waals surface area contributed by atoms with Crippen molar-refractivity contribution in [3.8, 4) is 0 Å². The zero-order valence-corrected chi connectivity index (χ0v) is 14.4. The second-order valence-electron chi connectivity index (χ2n) is 5.80. The molecule has 7 nitrogen and oxygen atoms in total. The number of aromatic nitrogens is 3. The van der Waals surface area contributed by atoms with Gasteiger partial charge in [-0.3, -0.25) is 0 Å². The van der Waals surface area contributed by atoms with Gasteiger partial charge in [-0.05, 0) is 25.0 Å². The van der Waals surface area contributed by atoms with Gasteiger partial charge in [0.05, 0.1) is 0 Å². The van der Waals surface area contributed by atoms with Crippen LogP contribution in [-0.2, 0) is 21.4 Å². The number of nitrogens with zero attached hydrogens (tertiary/aromatic N) is 4. The minimum Gasteiger partial charge on any atom is -0.377 e. The smallest absolute Gasteiger partial charge is 0.245 e. The number of rotatable bonds is 5. The topological polar surface area (TPSA) is 77.3 Å². The third-order valence-electron chi connectivity index (χ3n) is 4.25. The molecule has 1 saturated heterocycles. The summed E-state index contributed by atoms with van der Waals surface area (Å²) >= 11 is 0. The van der Waals surface area contributed by atoms with Crippen LogP contribution in [0.1, 0.15) is 24.7 Å². The normalized spacial score (nSPS) is 17.1. The molecule has 0 aliphatic carbocycles. The molecule has 1 aliphatic heterocycles. The summed E-state index contributed by atoms with van der Waals surface area (Å²) in [6, 6.07) is 2.53. The first-order valence-electron chi connectivity index (χ1n) is 7.76. The Morgan fingerprint density at radius 3 is 2.64 bits per heavy atom. The van der Waals surface area contributed by atoms with E-state index in [9.17, 15) is 17.2 Å². The second-order valence-corrected chi connectivity index (χ2v) is 7.70. The van der Waals surface area contributed by atoms with E-state index >= 15 is 0 Å². The molecule has 10 heteroatoms. The zero-order chi connectivity index (χ0) is 18.0. The summed E-state index contributed by atoms with van der Waals surface area (Å²) in [6.07, 6.45) is 2.68.